The van der Waals surface area contributed by atoms with Crippen LogP contribution in [0.3, 0.4) is 0 Å². The fourth-order valence-electron chi connectivity index (χ4n) is 0.869. The minimum Gasteiger partial charge on any atom is -0.504 e. The largest absolute Gasteiger partial charge is 0.504 e. The van der Waals surface area contributed by atoms with Crippen molar-refractivity contribution in [2.75, 3.05) is 0 Å². The van der Waals surface area contributed by atoms with E-state index >= 15 is 0 Å². The number of allylic oxidation sites excluding steroid dienone is 2. The summed E-state index contributed by atoms with van der Waals surface area (Å²) in [5.74, 6) is -0.781. The molecule has 0 saturated carbocycles. The maximum atomic E-state index is 12.0. The molecule has 90 valence electrons. The molecule has 0 aliphatic rings. The Balaban J connectivity index is 2.65. The lowest BCUT2D eigenvalue weighted by molar-refractivity contribution is -0.120. The van der Waals surface area contributed by atoms with Gasteiger partial charge in [-0.1, -0.05) is 0 Å². The van der Waals surface area contributed by atoms with Crippen LogP contribution in [0.25, 0.3) is 0 Å². The van der Waals surface area contributed by atoms with E-state index in [0.717, 1.165) is 11.8 Å². The van der Waals surface area contributed by atoms with Crippen LogP contribution in [0.1, 0.15) is 12.7 Å². The molecule has 2 nitrogen and oxygen atoms in total. The average molecular weight is 346 g/mol. The fraction of sp³-hybridized carbons (Fsp3) is 0.300. The number of aliphatic hydroxyl groups excluding tert-OH is 1. The number of aliphatic hydroxyl groups is 1. The third-order valence-corrected chi connectivity index (χ3v) is 4.26. The second kappa shape index (κ2) is 5.51. The normalized spacial score (nSPS) is 14.8. The van der Waals surface area contributed by atoms with Crippen LogP contribution in [0, 0.1) is 0 Å². The third kappa shape index (κ3) is 4.38. The zero-order valence-electron chi connectivity index (χ0n) is 8.38. The number of furan rings is 1. The van der Waals surface area contributed by atoms with Crippen LogP contribution in [0.15, 0.2) is 34.6 Å². The third-order valence-electron chi connectivity index (χ3n) is 1.62. The summed E-state index contributed by atoms with van der Waals surface area (Å²) in [6.45, 7) is 1.58. The van der Waals surface area contributed by atoms with Gasteiger partial charge < -0.3 is 9.52 Å². The Morgan fingerprint density at radius 3 is 2.75 bits per heavy atom. The van der Waals surface area contributed by atoms with Crippen LogP contribution >= 0.6 is 20.7 Å². The highest BCUT2D eigenvalue weighted by Gasteiger charge is 2.33. The molecule has 6 heteroatoms. The summed E-state index contributed by atoms with van der Waals surface area (Å²) < 4.78 is 42.2. The summed E-state index contributed by atoms with van der Waals surface area (Å²) >= 11 is -0.586. The summed E-state index contributed by atoms with van der Waals surface area (Å²) in [5, 5.41) is 8.72. The summed E-state index contributed by atoms with van der Waals surface area (Å²) in [6.07, 6.45) is -2.34. The van der Waals surface area contributed by atoms with Gasteiger partial charge in [-0.15, -0.1) is 20.7 Å². The van der Waals surface area contributed by atoms with Gasteiger partial charge in [0.05, 0.1) is 10.7 Å². The highest BCUT2D eigenvalue weighted by atomic mass is 127. The lowest BCUT2D eigenvalue weighted by atomic mass is 10.4. The standard InChI is InChI=1S/C10H10F3IO2/c1-7(5-9(15)10(11,12)13)14-6-8-3-2-4-16-8/h2-5,15H,6H2,1H3/b9-5-. The smallest absolute Gasteiger partial charge is 0.448 e. The Morgan fingerprint density at radius 2 is 2.25 bits per heavy atom. The van der Waals surface area contributed by atoms with Crippen molar-refractivity contribution in [2.45, 2.75) is 17.5 Å². The zero-order chi connectivity index (χ0) is 12.2. The predicted octanol–water partition coefficient (Wildman–Crippen LogP) is 3.95. The monoisotopic (exact) mass is 346 g/mol. The molecule has 0 amide bonds. The molecule has 0 atom stereocenters. The van der Waals surface area contributed by atoms with Crippen molar-refractivity contribution in [3.63, 3.8) is 0 Å². The fourth-order valence-corrected chi connectivity index (χ4v) is 2.80. The molecular formula is C10H10F3IO2. The van der Waals surface area contributed by atoms with Gasteiger partial charge in [0.2, 0.25) is 0 Å². The van der Waals surface area contributed by atoms with Crippen molar-refractivity contribution < 1.29 is 22.7 Å². The second-order valence-electron chi connectivity index (χ2n) is 2.96. The van der Waals surface area contributed by atoms with Crippen LogP contribution in [0.2, 0.25) is 0 Å². The van der Waals surface area contributed by atoms with Gasteiger partial charge in [-0.3, -0.25) is 0 Å². The van der Waals surface area contributed by atoms with Crippen molar-refractivity contribution in [3.8, 4) is 0 Å². The van der Waals surface area contributed by atoms with E-state index in [1.54, 1.807) is 19.1 Å². The Labute approximate surface area is 101 Å². The molecule has 0 unspecified atom stereocenters. The van der Waals surface area contributed by atoms with Gasteiger partial charge in [-0.25, -0.2) is 0 Å². The molecule has 1 aromatic rings. The molecule has 0 spiro atoms. The Morgan fingerprint density at radius 1 is 1.56 bits per heavy atom. The molecule has 0 saturated heterocycles. The van der Waals surface area contributed by atoms with E-state index in [4.69, 9.17) is 9.52 Å². The molecule has 1 N–H and O–H groups in total. The van der Waals surface area contributed by atoms with Crippen molar-refractivity contribution in [2.24, 2.45) is 0 Å². The molecule has 0 bridgehead atoms. The summed E-state index contributed by atoms with van der Waals surface area (Å²) in [6, 6.07) is 3.51. The molecule has 16 heavy (non-hydrogen) atoms. The molecule has 0 radical (unpaired) electrons. The molecule has 0 aromatic carbocycles. The van der Waals surface area contributed by atoms with E-state index in [1.165, 1.54) is 6.26 Å². The zero-order valence-corrected chi connectivity index (χ0v) is 10.5. The van der Waals surface area contributed by atoms with Crippen LogP contribution in [-0.2, 0) is 4.43 Å². The molecule has 0 fully saturated rings. The molecule has 1 aromatic heterocycles. The SMILES string of the molecule is CC(/C=C(\O)C(F)(F)F)=ICc1ccco1. The Kier molecular flexibility index (Phi) is 4.57. The highest BCUT2D eigenvalue weighted by molar-refractivity contribution is 14.2. The van der Waals surface area contributed by atoms with E-state index in [-0.39, 0.29) is 0 Å². The molecule has 0 aliphatic carbocycles. The van der Waals surface area contributed by atoms with E-state index in [2.05, 4.69) is 0 Å². The van der Waals surface area contributed by atoms with Crippen molar-refractivity contribution in [1.82, 2.24) is 0 Å². The van der Waals surface area contributed by atoms with E-state index in [9.17, 15) is 13.2 Å². The number of halogens is 4. The molecule has 1 heterocycles. The van der Waals surface area contributed by atoms with E-state index < -0.39 is 32.7 Å². The van der Waals surface area contributed by atoms with Crippen LogP contribution in [-0.4, -0.2) is 14.8 Å². The minimum absolute atomic E-state index is 0.560. The van der Waals surface area contributed by atoms with Crippen LogP contribution in [0.4, 0.5) is 13.2 Å². The number of alkyl halides is 4. The molecule has 0 aliphatic heterocycles. The maximum Gasteiger partial charge on any atom is 0.448 e. The predicted molar refractivity (Wildman–Crippen MR) is 63.9 cm³/mol. The first-order valence-corrected chi connectivity index (χ1v) is 6.93. The lowest BCUT2D eigenvalue weighted by Crippen LogP contribution is -2.12. The van der Waals surface area contributed by atoms with Crippen molar-refractivity contribution in [1.29, 1.82) is 0 Å². The van der Waals surface area contributed by atoms with E-state index in [1.807, 2.05) is 0 Å². The van der Waals surface area contributed by atoms with Crippen molar-refractivity contribution in [3.05, 3.63) is 36.0 Å². The number of hydrogen-bond donors (Lipinski definition) is 1. The van der Waals surface area contributed by atoms with Gasteiger partial charge in [0.1, 0.15) is 5.76 Å². The summed E-state index contributed by atoms with van der Waals surface area (Å²) in [7, 11) is 0. The average Bonchev–Trinajstić information content (AvgIpc) is 2.65. The summed E-state index contributed by atoms with van der Waals surface area (Å²) in [4.78, 5) is 0. The quantitative estimate of drug-likeness (QED) is 0.511. The van der Waals surface area contributed by atoms with Gasteiger partial charge >= 0.3 is 6.18 Å². The number of rotatable bonds is 3. The van der Waals surface area contributed by atoms with Crippen molar-refractivity contribution >= 4 is 24.2 Å². The first-order chi connectivity index (χ1) is 7.39. The molecular weight excluding hydrogens is 336 g/mol. The van der Waals surface area contributed by atoms with Crippen LogP contribution in [0.5, 0.6) is 0 Å². The van der Waals surface area contributed by atoms with Gasteiger partial charge in [0.25, 0.3) is 0 Å². The Bertz CT molecular complexity index is 391. The first-order valence-electron chi connectivity index (χ1n) is 4.32. The first kappa shape index (κ1) is 13.3. The lowest BCUT2D eigenvalue weighted by Gasteiger charge is -2.04. The number of hydrogen-bond acceptors (Lipinski definition) is 2. The topological polar surface area (TPSA) is 33.4 Å². The van der Waals surface area contributed by atoms with Crippen LogP contribution < -0.4 is 0 Å². The van der Waals surface area contributed by atoms with Gasteiger partial charge in [0.15, 0.2) is 5.76 Å². The second-order valence-corrected chi connectivity index (χ2v) is 6.19. The maximum absolute atomic E-state index is 12.0. The minimum atomic E-state index is -4.66. The van der Waals surface area contributed by atoms with E-state index in [0.29, 0.717) is 7.94 Å². The Hall–Kier alpha value is -0.790. The van der Waals surface area contributed by atoms with Gasteiger partial charge in [0, 0.05) is 0 Å². The molecule has 1 rings (SSSR count). The highest BCUT2D eigenvalue weighted by Crippen LogP contribution is 2.24. The summed E-state index contributed by atoms with van der Waals surface area (Å²) in [5.41, 5.74) is 0. The van der Waals surface area contributed by atoms with Gasteiger partial charge in [-0.05, 0) is 28.6 Å². The van der Waals surface area contributed by atoms with Gasteiger partial charge in [-0.2, -0.15) is 13.2 Å².